The predicted octanol–water partition coefficient (Wildman–Crippen LogP) is 3.79. The number of nitrogens with zero attached hydrogens (tertiary/aromatic N) is 2. The smallest absolute Gasteiger partial charge is 0.201 e. The van der Waals surface area contributed by atoms with Crippen molar-refractivity contribution in [1.82, 2.24) is 9.55 Å². The minimum atomic E-state index is 0.311. The maximum Gasteiger partial charge on any atom is 0.201 e. The van der Waals surface area contributed by atoms with Crippen LogP contribution in [0.4, 0.5) is 5.95 Å². The quantitative estimate of drug-likeness (QED) is 0.787. The van der Waals surface area contributed by atoms with Crippen LogP contribution in [-0.2, 0) is 6.42 Å². The molecule has 0 saturated carbocycles. The van der Waals surface area contributed by atoms with Crippen LogP contribution in [0.1, 0.15) is 23.4 Å². The molecule has 98 valence electrons. The van der Waals surface area contributed by atoms with E-state index in [0.29, 0.717) is 12.0 Å². The van der Waals surface area contributed by atoms with Crippen LogP contribution in [0.15, 0.2) is 35.7 Å². The molecule has 1 unspecified atom stereocenters. The SMILES string of the molecule is Cc1cccc2c1nc(N)n2C(C)Cc1cccs1. The molecule has 3 rings (SSSR count). The summed E-state index contributed by atoms with van der Waals surface area (Å²) in [5.74, 6) is 0.605. The van der Waals surface area contributed by atoms with Crippen molar-refractivity contribution in [2.24, 2.45) is 0 Å². The third kappa shape index (κ3) is 2.12. The van der Waals surface area contributed by atoms with E-state index in [0.717, 1.165) is 17.5 Å². The minimum absolute atomic E-state index is 0.311. The van der Waals surface area contributed by atoms with Crippen LogP contribution in [0.5, 0.6) is 0 Å². The number of nitrogens with two attached hydrogens (primary N) is 1. The van der Waals surface area contributed by atoms with Crippen molar-refractivity contribution in [2.75, 3.05) is 5.73 Å². The third-order valence-electron chi connectivity index (χ3n) is 3.47. The number of rotatable bonds is 3. The molecule has 0 radical (unpaired) electrons. The van der Waals surface area contributed by atoms with E-state index in [1.807, 2.05) is 0 Å². The van der Waals surface area contributed by atoms with Gasteiger partial charge in [0.1, 0.15) is 0 Å². The van der Waals surface area contributed by atoms with Crippen LogP contribution in [0, 0.1) is 6.92 Å². The summed E-state index contributed by atoms with van der Waals surface area (Å²) in [4.78, 5) is 5.88. The molecule has 4 heteroatoms. The van der Waals surface area contributed by atoms with E-state index in [2.05, 4.69) is 59.1 Å². The Balaban J connectivity index is 2.04. The van der Waals surface area contributed by atoms with Crippen LogP contribution in [0.2, 0.25) is 0 Å². The highest BCUT2D eigenvalue weighted by molar-refractivity contribution is 7.09. The number of nitrogen functional groups attached to an aromatic ring is 1. The largest absolute Gasteiger partial charge is 0.369 e. The molecule has 3 aromatic rings. The van der Waals surface area contributed by atoms with Crippen LogP contribution in [-0.4, -0.2) is 9.55 Å². The summed E-state index contributed by atoms with van der Waals surface area (Å²) in [5, 5.41) is 2.11. The van der Waals surface area contributed by atoms with Crippen LogP contribution >= 0.6 is 11.3 Å². The second kappa shape index (κ2) is 4.70. The molecular formula is C15H17N3S. The number of benzene rings is 1. The zero-order valence-electron chi connectivity index (χ0n) is 11.1. The van der Waals surface area contributed by atoms with Gasteiger partial charge in [-0.25, -0.2) is 4.98 Å². The standard InChI is InChI=1S/C15H17N3S/c1-10-5-3-7-13-14(10)17-15(16)18(13)11(2)9-12-6-4-8-19-12/h3-8,11H,9H2,1-2H3,(H2,16,17). The van der Waals surface area contributed by atoms with Crippen molar-refractivity contribution in [2.45, 2.75) is 26.3 Å². The van der Waals surface area contributed by atoms with Gasteiger partial charge in [-0.15, -0.1) is 11.3 Å². The molecule has 0 aliphatic rings. The number of hydrogen-bond donors (Lipinski definition) is 1. The van der Waals surface area contributed by atoms with Gasteiger partial charge in [0.05, 0.1) is 11.0 Å². The summed E-state index contributed by atoms with van der Waals surface area (Å²) in [6.45, 7) is 4.27. The van der Waals surface area contributed by atoms with Crippen molar-refractivity contribution < 1.29 is 0 Å². The second-order valence-corrected chi connectivity index (χ2v) is 5.95. The van der Waals surface area contributed by atoms with Gasteiger partial charge in [-0.2, -0.15) is 0 Å². The lowest BCUT2D eigenvalue weighted by Gasteiger charge is -2.15. The first-order valence-electron chi connectivity index (χ1n) is 6.42. The normalized spacial score (nSPS) is 12.9. The van der Waals surface area contributed by atoms with E-state index in [1.54, 1.807) is 11.3 Å². The van der Waals surface area contributed by atoms with Gasteiger partial charge in [0, 0.05) is 17.3 Å². The van der Waals surface area contributed by atoms with Crippen LogP contribution < -0.4 is 5.73 Å². The van der Waals surface area contributed by atoms with Crippen molar-refractivity contribution in [1.29, 1.82) is 0 Å². The Labute approximate surface area is 116 Å². The second-order valence-electron chi connectivity index (χ2n) is 4.92. The fourth-order valence-corrected chi connectivity index (χ4v) is 3.38. The molecule has 2 aromatic heterocycles. The highest BCUT2D eigenvalue weighted by Gasteiger charge is 2.15. The average Bonchev–Trinajstić information content (AvgIpc) is 2.96. The highest BCUT2D eigenvalue weighted by atomic mass is 32.1. The number of thiophene rings is 1. The number of imidazole rings is 1. The number of aryl methyl sites for hydroxylation is 1. The maximum atomic E-state index is 6.11. The van der Waals surface area contributed by atoms with Gasteiger partial charge in [-0.3, -0.25) is 0 Å². The van der Waals surface area contributed by atoms with Crippen molar-refractivity contribution in [3.8, 4) is 0 Å². The van der Waals surface area contributed by atoms with Gasteiger partial charge >= 0.3 is 0 Å². The summed E-state index contributed by atoms with van der Waals surface area (Å²) in [7, 11) is 0. The molecule has 3 nitrogen and oxygen atoms in total. The lowest BCUT2D eigenvalue weighted by Crippen LogP contribution is -2.10. The number of fused-ring (bicyclic) bond motifs is 1. The molecule has 2 N–H and O–H groups in total. The van der Waals surface area contributed by atoms with E-state index in [9.17, 15) is 0 Å². The van der Waals surface area contributed by atoms with Crippen LogP contribution in [0.25, 0.3) is 11.0 Å². The molecular weight excluding hydrogens is 254 g/mol. The van der Waals surface area contributed by atoms with Crippen molar-refractivity contribution >= 4 is 28.3 Å². The fourth-order valence-electron chi connectivity index (χ4n) is 2.55. The van der Waals surface area contributed by atoms with Gasteiger partial charge in [-0.05, 0) is 36.9 Å². The minimum Gasteiger partial charge on any atom is -0.369 e. The molecule has 0 fully saturated rings. The Morgan fingerprint density at radius 2 is 2.16 bits per heavy atom. The molecule has 19 heavy (non-hydrogen) atoms. The molecule has 0 amide bonds. The Morgan fingerprint density at radius 3 is 2.89 bits per heavy atom. The van der Waals surface area contributed by atoms with E-state index < -0.39 is 0 Å². The van der Waals surface area contributed by atoms with E-state index in [1.165, 1.54) is 10.4 Å². The molecule has 2 heterocycles. The molecule has 0 aliphatic carbocycles. The van der Waals surface area contributed by atoms with E-state index in [-0.39, 0.29) is 0 Å². The molecule has 1 atom stereocenters. The summed E-state index contributed by atoms with van der Waals surface area (Å²) < 4.78 is 2.14. The zero-order valence-corrected chi connectivity index (χ0v) is 11.9. The number of anilines is 1. The summed E-state index contributed by atoms with van der Waals surface area (Å²) >= 11 is 1.79. The summed E-state index contributed by atoms with van der Waals surface area (Å²) in [6, 6.07) is 10.8. The first-order valence-corrected chi connectivity index (χ1v) is 7.30. The summed E-state index contributed by atoms with van der Waals surface area (Å²) in [5.41, 5.74) is 9.42. The van der Waals surface area contributed by atoms with Gasteiger partial charge in [-0.1, -0.05) is 18.2 Å². The van der Waals surface area contributed by atoms with E-state index in [4.69, 9.17) is 5.73 Å². The maximum absolute atomic E-state index is 6.11. The Kier molecular flexibility index (Phi) is 3.03. The fraction of sp³-hybridized carbons (Fsp3) is 0.267. The zero-order chi connectivity index (χ0) is 13.4. The van der Waals surface area contributed by atoms with Gasteiger partial charge in [0.25, 0.3) is 0 Å². The highest BCUT2D eigenvalue weighted by Crippen LogP contribution is 2.27. The lowest BCUT2D eigenvalue weighted by molar-refractivity contribution is 0.571. The number of aromatic nitrogens is 2. The number of hydrogen-bond acceptors (Lipinski definition) is 3. The van der Waals surface area contributed by atoms with Crippen molar-refractivity contribution in [3.05, 3.63) is 46.2 Å². The Morgan fingerprint density at radius 1 is 1.32 bits per heavy atom. The topological polar surface area (TPSA) is 43.8 Å². The molecule has 0 spiro atoms. The molecule has 0 bridgehead atoms. The monoisotopic (exact) mass is 271 g/mol. The van der Waals surface area contributed by atoms with Gasteiger partial charge in [0.15, 0.2) is 0 Å². The molecule has 0 saturated heterocycles. The number of para-hydroxylation sites is 1. The Hall–Kier alpha value is -1.81. The van der Waals surface area contributed by atoms with Crippen molar-refractivity contribution in [3.63, 3.8) is 0 Å². The third-order valence-corrected chi connectivity index (χ3v) is 4.37. The first kappa shape index (κ1) is 12.2. The predicted molar refractivity (Wildman–Crippen MR) is 81.6 cm³/mol. The van der Waals surface area contributed by atoms with Crippen LogP contribution in [0.3, 0.4) is 0 Å². The van der Waals surface area contributed by atoms with Gasteiger partial charge < -0.3 is 10.3 Å². The first-order chi connectivity index (χ1) is 9.16. The molecule has 0 aliphatic heterocycles. The average molecular weight is 271 g/mol. The van der Waals surface area contributed by atoms with E-state index >= 15 is 0 Å². The molecule has 1 aromatic carbocycles. The van der Waals surface area contributed by atoms with Gasteiger partial charge in [0.2, 0.25) is 5.95 Å². The summed E-state index contributed by atoms with van der Waals surface area (Å²) in [6.07, 6.45) is 0.987. The Bertz CT molecular complexity index is 698. The lowest BCUT2D eigenvalue weighted by atomic mass is 10.1.